The molecule has 1 aromatic rings. The van der Waals surface area contributed by atoms with Crippen LogP contribution in [0.3, 0.4) is 0 Å². The lowest BCUT2D eigenvalue weighted by atomic mass is 9.90. The highest BCUT2D eigenvalue weighted by molar-refractivity contribution is 5.15. The van der Waals surface area contributed by atoms with Crippen LogP contribution in [0, 0.1) is 0 Å². The second-order valence-electron chi connectivity index (χ2n) is 5.61. The van der Waals surface area contributed by atoms with Gasteiger partial charge in [-0.25, -0.2) is 0 Å². The van der Waals surface area contributed by atoms with E-state index < -0.39 is 0 Å². The molecule has 0 spiro atoms. The molecule has 0 aromatic heterocycles. The minimum Gasteiger partial charge on any atom is -0.329 e. The number of nitrogens with zero attached hydrogens (tertiary/aromatic N) is 1. The summed E-state index contributed by atoms with van der Waals surface area (Å²) in [6, 6.07) is 10.6. The fourth-order valence-electron chi connectivity index (χ4n) is 2.90. The molecule has 1 aliphatic rings. The van der Waals surface area contributed by atoms with Gasteiger partial charge in [-0.2, -0.15) is 0 Å². The highest BCUT2D eigenvalue weighted by Crippen LogP contribution is 2.22. The van der Waals surface area contributed by atoms with Gasteiger partial charge in [-0.05, 0) is 44.5 Å². The van der Waals surface area contributed by atoms with Crippen molar-refractivity contribution in [1.82, 2.24) is 10.2 Å². The third kappa shape index (κ3) is 4.03. The van der Waals surface area contributed by atoms with Gasteiger partial charge in [-0.3, -0.25) is 0 Å². The zero-order valence-electron chi connectivity index (χ0n) is 12.1. The van der Waals surface area contributed by atoms with Crippen molar-refractivity contribution in [1.29, 1.82) is 0 Å². The number of benzene rings is 1. The second kappa shape index (κ2) is 7.04. The Morgan fingerprint density at radius 3 is 2.68 bits per heavy atom. The summed E-state index contributed by atoms with van der Waals surface area (Å²) in [6.45, 7) is 7.43. The lowest BCUT2D eigenvalue weighted by Crippen LogP contribution is -2.51. The summed E-state index contributed by atoms with van der Waals surface area (Å²) in [5.74, 6) is 0. The Hall–Kier alpha value is -0.900. The zero-order valence-corrected chi connectivity index (χ0v) is 12.1. The highest BCUT2D eigenvalue weighted by atomic mass is 15.1. The summed E-state index contributed by atoms with van der Waals surface area (Å²) in [7, 11) is 0. The molecule has 2 rings (SSSR count). The molecule has 3 N–H and O–H groups in total. The summed E-state index contributed by atoms with van der Waals surface area (Å²) >= 11 is 0. The van der Waals surface area contributed by atoms with Gasteiger partial charge in [0.15, 0.2) is 0 Å². The van der Waals surface area contributed by atoms with Crippen LogP contribution < -0.4 is 11.1 Å². The average molecular weight is 261 g/mol. The van der Waals surface area contributed by atoms with Crippen molar-refractivity contribution in [3.05, 3.63) is 35.9 Å². The van der Waals surface area contributed by atoms with Crippen molar-refractivity contribution in [2.24, 2.45) is 5.73 Å². The summed E-state index contributed by atoms with van der Waals surface area (Å²) in [4.78, 5) is 2.53. The van der Waals surface area contributed by atoms with E-state index in [0.29, 0.717) is 0 Å². The van der Waals surface area contributed by atoms with Crippen LogP contribution in [0.15, 0.2) is 30.3 Å². The minimum atomic E-state index is 0.125. The van der Waals surface area contributed by atoms with Gasteiger partial charge in [-0.15, -0.1) is 0 Å². The van der Waals surface area contributed by atoms with Gasteiger partial charge in [0.2, 0.25) is 0 Å². The van der Waals surface area contributed by atoms with Gasteiger partial charge < -0.3 is 16.0 Å². The first-order valence-electron chi connectivity index (χ1n) is 7.49. The number of likely N-dealkylation sites (tertiary alicyclic amines) is 1. The van der Waals surface area contributed by atoms with Crippen LogP contribution >= 0.6 is 0 Å². The van der Waals surface area contributed by atoms with E-state index in [-0.39, 0.29) is 5.54 Å². The van der Waals surface area contributed by atoms with Gasteiger partial charge in [0.25, 0.3) is 0 Å². The average Bonchev–Trinajstić information content (AvgIpc) is 2.69. The number of rotatable bonds is 5. The smallest absolute Gasteiger partial charge is 0.0319 e. The normalized spacial score (nSPS) is 25.2. The van der Waals surface area contributed by atoms with Gasteiger partial charge in [-0.1, -0.05) is 37.3 Å². The fraction of sp³-hybridized carbons (Fsp3) is 0.625. The summed E-state index contributed by atoms with van der Waals surface area (Å²) in [6.07, 6.45) is 3.59. The van der Waals surface area contributed by atoms with Crippen molar-refractivity contribution >= 4 is 0 Å². The molecule has 19 heavy (non-hydrogen) atoms. The molecule has 1 aromatic carbocycles. The number of hydrogen-bond acceptors (Lipinski definition) is 3. The molecule has 3 heteroatoms. The Balaban J connectivity index is 1.94. The molecular formula is C16H27N3. The summed E-state index contributed by atoms with van der Waals surface area (Å²) in [5, 5.41) is 3.73. The Morgan fingerprint density at radius 2 is 2.00 bits per heavy atom. The fourth-order valence-corrected chi connectivity index (χ4v) is 2.90. The SMILES string of the molecule is CCN1CCCC(CN)(NCc2ccccc2)CC1. The third-order valence-corrected chi connectivity index (χ3v) is 4.38. The molecule has 3 nitrogen and oxygen atoms in total. The Labute approximate surface area is 117 Å². The Bertz CT molecular complexity index is 366. The van der Waals surface area contributed by atoms with Crippen LogP contribution in [0.1, 0.15) is 31.7 Å². The molecule has 1 saturated heterocycles. The first-order valence-corrected chi connectivity index (χ1v) is 7.49. The molecule has 1 aliphatic heterocycles. The van der Waals surface area contributed by atoms with E-state index in [2.05, 4.69) is 47.5 Å². The van der Waals surface area contributed by atoms with Crippen LogP contribution in [0.2, 0.25) is 0 Å². The number of nitrogens with two attached hydrogens (primary N) is 1. The monoisotopic (exact) mass is 261 g/mol. The van der Waals surface area contributed by atoms with Gasteiger partial charge in [0.1, 0.15) is 0 Å². The van der Waals surface area contributed by atoms with Crippen molar-refractivity contribution < 1.29 is 0 Å². The molecule has 0 aliphatic carbocycles. The molecule has 1 fully saturated rings. The highest BCUT2D eigenvalue weighted by Gasteiger charge is 2.30. The topological polar surface area (TPSA) is 41.3 Å². The van der Waals surface area contributed by atoms with Gasteiger partial charge in [0.05, 0.1) is 0 Å². The molecule has 0 radical (unpaired) electrons. The quantitative estimate of drug-likeness (QED) is 0.851. The molecule has 0 bridgehead atoms. The zero-order chi connectivity index (χ0) is 13.6. The molecular weight excluding hydrogens is 234 g/mol. The standard InChI is InChI=1S/C16H27N3/c1-2-19-11-6-9-16(14-17,10-12-19)18-13-15-7-4-3-5-8-15/h3-5,7-8,18H,2,6,9-14,17H2,1H3. The van der Waals surface area contributed by atoms with E-state index in [1.165, 1.54) is 24.9 Å². The molecule has 1 heterocycles. The van der Waals surface area contributed by atoms with E-state index in [0.717, 1.165) is 32.6 Å². The maximum Gasteiger partial charge on any atom is 0.0319 e. The summed E-state index contributed by atoms with van der Waals surface area (Å²) in [5.41, 5.74) is 7.54. The molecule has 106 valence electrons. The van der Waals surface area contributed by atoms with Gasteiger partial charge >= 0.3 is 0 Å². The molecule has 1 unspecified atom stereocenters. The lowest BCUT2D eigenvalue weighted by molar-refractivity contribution is 0.265. The van der Waals surface area contributed by atoms with Crippen LogP contribution in [-0.4, -0.2) is 36.6 Å². The lowest BCUT2D eigenvalue weighted by Gasteiger charge is -2.33. The number of nitrogens with one attached hydrogen (secondary N) is 1. The predicted octanol–water partition coefficient (Wildman–Crippen LogP) is 1.98. The largest absolute Gasteiger partial charge is 0.329 e. The molecule has 0 saturated carbocycles. The van der Waals surface area contributed by atoms with Crippen LogP contribution in [0.4, 0.5) is 0 Å². The number of hydrogen-bond donors (Lipinski definition) is 2. The van der Waals surface area contributed by atoms with Gasteiger partial charge in [0, 0.05) is 18.6 Å². The molecule has 1 atom stereocenters. The van der Waals surface area contributed by atoms with Crippen molar-refractivity contribution in [2.45, 2.75) is 38.3 Å². The minimum absolute atomic E-state index is 0.125. The van der Waals surface area contributed by atoms with E-state index >= 15 is 0 Å². The van der Waals surface area contributed by atoms with E-state index in [1.807, 2.05) is 0 Å². The van der Waals surface area contributed by atoms with Crippen molar-refractivity contribution in [3.63, 3.8) is 0 Å². The summed E-state index contributed by atoms with van der Waals surface area (Å²) < 4.78 is 0. The van der Waals surface area contributed by atoms with E-state index in [9.17, 15) is 0 Å². The Morgan fingerprint density at radius 1 is 1.21 bits per heavy atom. The predicted molar refractivity (Wildman–Crippen MR) is 81.0 cm³/mol. The first-order chi connectivity index (χ1) is 9.28. The maximum atomic E-state index is 6.08. The maximum absolute atomic E-state index is 6.08. The van der Waals surface area contributed by atoms with E-state index in [4.69, 9.17) is 5.73 Å². The molecule has 0 amide bonds. The van der Waals surface area contributed by atoms with E-state index in [1.54, 1.807) is 0 Å². The van der Waals surface area contributed by atoms with Crippen molar-refractivity contribution in [3.8, 4) is 0 Å². The third-order valence-electron chi connectivity index (χ3n) is 4.38. The van der Waals surface area contributed by atoms with Crippen LogP contribution in [0.5, 0.6) is 0 Å². The van der Waals surface area contributed by atoms with Crippen LogP contribution in [0.25, 0.3) is 0 Å². The van der Waals surface area contributed by atoms with Crippen LogP contribution in [-0.2, 0) is 6.54 Å². The van der Waals surface area contributed by atoms with Crippen molar-refractivity contribution in [2.75, 3.05) is 26.2 Å². The first kappa shape index (κ1) is 14.5. The second-order valence-corrected chi connectivity index (χ2v) is 5.61. The Kier molecular flexibility index (Phi) is 5.37.